The molecular formula is C16H26N2O. The van der Waals surface area contributed by atoms with Crippen molar-refractivity contribution in [1.29, 1.82) is 0 Å². The van der Waals surface area contributed by atoms with Crippen LogP contribution in [0.4, 0.5) is 0 Å². The van der Waals surface area contributed by atoms with Crippen LogP contribution in [0.3, 0.4) is 0 Å². The molecular weight excluding hydrogens is 236 g/mol. The molecule has 2 N–H and O–H groups in total. The molecule has 0 amide bonds. The number of benzene rings is 1. The molecule has 0 aromatic heterocycles. The normalized spacial score (nSPS) is 19.5. The number of aliphatic hydroxyl groups excluding tert-OH is 1. The van der Waals surface area contributed by atoms with Crippen molar-refractivity contribution in [2.45, 2.75) is 32.2 Å². The van der Waals surface area contributed by atoms with Crippen molar-refractivity contribution in [1.82, 2.24) is 10.2 Å². The van der Waals surface area contributed by atoms with Gasteiger partial charge in [0.15, 0.2) is 0 Å². The lowest BCUT2D eigenvalue weighted by Gasteiger charge is -2.34. The van der Waals surface area contributed by atoms with E-state index in [2.05, 4.69) is 48.3 Å². The minimum Gasteiger partial charge on any atom is -0.394 e. The summed E-state index contributed by atoms with van der Waals surface area (Å²) >= 11 is 0. The highest BCUT2D eigenvalue weighted by atomic mass is 16.3. The molecule has 1 aromatic carbocycles. The van der Waals surface area contributed by atoms with Gasteiger partial charge in [0.2, 0.25) is 0 Å². The summed E-state index contributed by atoms with van der Waals surface area (Å²) in [6.45, 7) is 8.34. The molecule has 106 valence electrons. The number of nitrogens with zero attached hydrogens (tertiary/aromatic N) is 1. The van der Waals surface area contributed by atoms with Gasteiger partial charge in [-0.2, -0.15) is 0 Å². The largest absolute Gasteiger partial charge is 0.394 e. The fourth-order valence-electron chi connectivity index (χ4n) is 2.95. The summed E-state index contributed by atoms with van der Waals surface area (Å²) in [4.78, 5) is 2.47. The molecule has 1 aromatic rings. The quantitative estimate of drug-likeness (QED) is 0.843. The van der Waals surface area contributed by atoms with Crippen LogP contribution in [-0.2, 0) is 12.8 Å². The highest BCUT2D eigenvalue weighted by molar-refractivity contribution is 5.28. The minimum atomic E-state index is -0.189. The van der Waals surface area contributed by atoms with Crippen molar-refractivity contribution in [2.24, 2.45) is 0 Å². The Morgan fingerprint density at radius 3 is 2.26 bits per heavy atom. The fourth-order valence-corrected chi connectivity index (χ4v) is 2.95. The second-order valence-electron chi connectivity index (χ2n) is 5.79. The van der Waals surface area contributed by atoms with Crippen molar-refractivity contribution in [2.75, 3.05) is 32.8 Å². The van der Waals surface area contributed by atoms with E-state index in [9.17, 15) is 5.11 Å². The third kappa shape index (κ3) is 3.78. The Morgan fingerprint density at radius 1 is 1.21 bits per heavy atom. The third-order valence-corrected chi connectivity index (χ3v) is 4.04. The predicted octanol–water partition coefficient (Wildman–Crippen LogP) is 1.45. The van der Waals surface area contributed by atoms with Gasteiger partial charge >= 0.3 is 0 Å². The molecule has 0 fully saturated rings. The maximum absolute atomic E-state index is 9.60. The molecule has 3 nitrogen and oxygen atoms in total. The number of hydrogen-bond acceptors (Lipinski definition) is 3. The standard InChI is InChI=1S/C16H26N2O/c1-3-17-16(2,13-19)12-18-10-8-14-6-4-5-7-15(14)9-11-18/h4-7,17,19H,3,8-13H2,1-2H3. The van der Waals surface area contributed by atoms with Gasteiger partial charge < -0.3 is 15.3 Å². The van der Waals surface area contributed by atoms with Gasteiger partial charge in [0.25, 0.3) is 0 Å². The number of likely N-dealkylation sites (N-methyl/N-ethyl adjacent to an activating group) is 1. The van der Waals surface area contributed by atoms with Gasteiger partial charge in [0.1, 0.15) is 0 Å². The van der Waals surface area contributed by atoms with Crippen LogP contribution in [0.2, 0.25) is 0 Å². The third-order valence-electron chi connectivity index (χ3n) is 4.04. The maximum atomic E-state index is 9.60. The zero-order chi connectivity index (χ0) is 13.7. The average Bonchev–Trinajstić information content (AvgIpc) is 2.62. The summed E-state index contributed by atoms with van der Waals surface area (Å²) in [7, 11) is 0. The van der Waals surface area contributed by atoms with Crippen molar-refractivity contribution in [3.05, 3.63) is 35.4 Å². The van der Waals surface area contributed by atoms with Crippen LogP contribution in [0.5, 0.6) is 0 Å². The highest BCUT2D eigenvalue weighted by Gasteiger charge is 2.26. The first kappa shape index (κ1) is 14.5. The first-order valence-electron chi connectivity index (χ1n) is 7.32. The lowest BCUT2D eigenvalue weighted by atomic mass is 10.0. The van der Waals surface area contributed by atoms with E-state index in [0.717, 1.165) is 39.0 Å². The van der Waals surface area contributed by atoms with Crippen molar-refractivity contribution in [3.8, 4) is 0 Å². The van der Waals surface area contributed by atoms with Crippen molar-refractivity contribution in [3.63, 3.8) is 0 Å². The second-order valence-corrected chi connectivity index (χ2v) is 5.79. The van der Waals surface area contributed by atoms with Gasteiger partial charge in [-0.15, -0.1) is 0 Å². The van der Waals surface area contributed by atoms with Gasteiger partial charge in [0.05, 0.1) is 12.1 Å². The van der Waals surface area contributed by atoms with E-state index < -0.39 is 0 Å². The Balaban J connectivity index is 1.98. The van der Waals surface area contributed by atoms with Crippen molar-refractivity contribution >= 4 is 0 Å². The number of fused-ring (bicyclic) bond motifs is 1. The molecule has 0 spiro atoms. The first-order valence-corrected chi connectivity index (χ1v) is 7.32. The van der Waals surface area contributed by atoms with E-state index >= 15 is 0 Å². The van der Waals surface area contributed by atoms with Crippen LogP contribution >= 0.6 is 0 Å². The molecule has 19 heavy (non-hydrogen) atoms. The second kappa shape index (κ2) is 6.51. The van der Waals surface area contributed by atoms with Gasteiger partial charge in [-0.1, -0.05) is 31.2 Å². The Hall–Kier alpha value is -0.900. The molecule has 3 heteroatoms. The average molecular weight is 262 g/mol. The van der Waals surface area contributed by atoms with E-state index in [4.69, 9.17) is 0 Å². The fraction of sp³-hybridized carbons (Fsp3) is 0.625. The number of rotatable bonds is 5. The number of aliphatic hydroxyl groups is 1. The molecule has 1 aliphatic heterocycles. The monoisotopic (exact) mass is 262 g/mol. The van der Waals surface area contributed by atoms with Crippen molar-refractivity contribution < 1.29 is 5.11 Å². The topological polar surface area (TPSA) is 35.5 Å². The summed E-state index contributed by atoms with van der Waals surface area (Å²) in [5.74, 6) is 0. The van der Waals surface area contributed by atoms with Gasteiger partial charge in [-0.05, 0) is 37.4 Å². The van der Waals surface area contributed by atoms with Gasteiger partial charge in [0, 0.05) is 19.6 Å². The van der Waals surface area contributed by atoms with E-state index in [1.54, 1.807) is 0 Å². The van der Waals surface area contributed by atoms with Crippen LogP contribution in [-0.4, -0.2) is 48.3 Å². The zero-order valence-electron chi connectivity index (χ0n) is 12.2. The zero-order valence-corrected chi connectivity index (χ0v) is 12.2. The Morgan fingerprint density at radius 2 is 1.79 bits per heavy atom. The van der Waals surface area contributed by atoms with E-state index in [1.165, 1.54) is 11.1 Å². The molecule has 1 unspecified atom stereocenters. The van der Waals surface area contributed by atoms with Crippen LogP contribution in [0.25, 0.3) is 0 Å². The van der Waals surface area contributed by atoms with E-state index in [0.29, 0.717) is 0 Å². The van der Waals surface area contributed by atoms with Crippen LogP contribution in [0.15, 0.2) is 24.3 Å². The summed E-state index contributed by atoms with van der Waals surface area (Å²) in [5.41, 5.74) is 2.78. The van der Waals surface area contributed by atoms with Crippen LogP contribution in [0.1, 0.15) is 25.0 Å². The van der Waals surface area contributed by atoms with E-state index in [-0.39, 0.29) is 12.1 Å². The summed E-state index contributed by atoms with van der Waals surface area (Å²) in [6, 6.07) is 8.75. The highest BCUT2D eigenvalue weighted by Crippen LogP contribution is 2.17. The first-order chi connectivity index (χ1) is 9.17. The SMILES string of the molecule is CCNC(C)(CO)CN1CCc2ccccc2CC1. The van der Waals surface area contributed by atoms with E-state index in [1.807, 2.05) is 0 Å². The molecule has 0 radical (unpaired) electrons. The molecule has 1 atom stereocenters. The maximum Gasteiger partial charge on any atom is 0.0623 e. The number of nitrogens with one attached hydrogen (secondary N) is 1. The molecule has 1 aliphatic rings. The van der Waals surface area contributed by atoms with Gasteiger partial charge in [-0.3, -0.25) is 0 Å². The molecule has 1 heterocycles. The summed E-state index contributed by atoms with van der Waals surface area (Å²) in [6.07, 6.45) is 2.23. The smallest absolute Gasteiger partial charge is 0.0623 e. The lowest BCUT2D eigenvalue weighted by molar-refractivity contribution is 0.123. The molecule has 2 rings (SSSR count). The molecule has 0 saturated carbocycles. The molecule has 0 saturated heterocycles. The summed E-state index contributed by atoms with van der Waals surface area (Å²) < 4.78 is 0. The summed E-state index contributed by atoms with van der Waals surface area (Å²) in [5, 5.41) is 13.0. The van der Waals surface area contributed by atoms with Crippen LogP contribution < -0.4 is 5.32 Å². The lowest BCUT2D eigenvalue weighted by Crippen LogP contribution is -2.54. The number of hydrogen-bond donors (Lipinski definition) is 2. The Labute approximate surface area is 116 Å². The van der Waals surface area contributed by atoms with Gasteiger partial charge in [-0.25, -0.2) is 0 Å². The Bertz CT molecular complexity index is 380. The minimum absolute atomic E-state index is 0.185. The van der Waals surface area contributed by atoms with Crippen LogP contribution in [0, 0.1) is 0 Å². The predicted molar refractivity (Wildman–Crippen MR) is 79.5 cm³/mol. The Kier molecular flexibility index (Phi) is 4.97. The molecule has 0 aliphatic carbocycles. The molecule has 0 bridgehead atoms.